The second kappa shape index (κ2) is 6.43. The van der Waals surface area contributed by atoms with E-state index < -0.39 is 0 Å². The van der Waals surface area contributed by atoms with Crippen LogP contribution in [-0.4, -0.2) is 50.7 Å². The first-order valence-electron chi connectivity index (χ1n) is 4.25. The minimum Gasteiger partial charge on any atom is -0.374 e. The number of likely N-dealkylation sites (N-methyl/N-ethyl adjacent to an activating group) is 2. The molecule has 0 amide bonds. The second-order valence-corrected chi connectivity index (χ2v) is 3.21. The average Bonchev–Trinajstić information content (AvgIpc) is 2.10. The maximum atomic E-state index is 3.90. The fourth-order valence-corrected chi connectivity index (χ4v) is 0.760. The van der Waals surface area contributed by atoms with Crippen molar-refractivity contribution in [1.82, 2.24) is 9.80 Å². The molecule has 3 nitrogen and oxygen atoms in total. The van der Waals surface area contributed by atoms with Crippen LogP contribution in [0.3, 0.4) is 0 Å². The lowest BCUT2D eigenvalue weighted by Gasteiger charge is -2.21. The molecule has 0 N–H and O–H groups in total. The van der Waals surface area contributed by atoms with Gasteiger partial charge in [-0.05, 0) is 26.9 Å². The topological polar surface area (TPSA) is 18.8 Å². The van der Waals surface area contributed by atoms with E-state index in [4.69, 9.17) is 0 Å². The van der Waals surface area contributed by atoms with Crippen molar-refractivity contribution >= 4 is 6.72 Å². The molecule has 0 bridgehead atoms. The van der Waals surface area contributed by atoms with Crippen molar-refractivity contribution in [2.24, 2.45) is 4.99 Å². The van der Waals surface area contributed by atoms with Gasteiger partial charge in [0.15, 0.2) is 0 Å². The highest BCUT2D eigenvalue weighted by Crippen LogP contribution is 1.99. The van der Waals surface area contributed by atoms with Gasteiger partial charge in [0.05, 0.1) is 0 Å². The lowest BCUT2D eigenvalue weighted by atomic mass is 10.4. The quantitative estimate of drug-likeness (QED) is 0.453. The molecule has 0 fully saturated rings. The van der Waals surface area contributed by atoms with E-state index in [1.807, 2.05) is 13.1 Å². The van der Waals surface area contributed by atoms with E-state index in [-0.39, 0.29) is 0 Å². The van der Waals surface area contributed by atoms with Crippen LogP contribution in [0, 0.1) is 0 Å². The summed E-state index contributed by atoms with van der Waals surface area (Å²) < 4.78 is 0. The molecule has 0 atom stereocenters. The molecule has 0 aliphatic heterocycles. The molecule has 0 saturated heterocycles. The Labute approximate surface area is 81.1 Å². The van der Waals surface area contributed by atoms with Gasteiger partial charge in [-0.25, -0.2) is 0 Å². The molecule has 0 aromatic rings. The number of hydrogen-bond acceptors (Lipinski definition) is 3. The van der Waals surface area contributed by atoms with Crippen LogP contribution in [0.4, 0.5) is 0 Å². The van der Waals surface area contributed by atoms with Gasteiger partial charge in [-0.15, -0.1) is 0 Å². The number of rotatable bonds is 6. The summed E-state index contributed by atoms with van der Waals surface area (Å²) in [7, 11) is 6.12. The van der Waals surface area contributed by atoms with E-state index in [1.165, 1.54) is 0 Å². The third-order valence-electron chi connectivity index (χ3n) is 1.75. The Morgan fingerprint density at radius 3 is 2.38 bits per heavy atom. The van der Waals surface area contributed by atoms with Gasteiger partial charge in [-0.3, -0.25) is 4.99 Å². The molecule has 3 heteroatoms. The van der Waals surface area contributed by atoms with Crippen LogP contribution < -0.4 is 0 Å². The molecule has 0 aliphatic carbocycles. The van der Waals surface area contributed by atoms with Gasteiger partial charge < -0.3 is 9.80 Å². The van der Waals surface area contributed by atoms with Gasteiger partial charge in [0.25, 0.3) is 0 Å². The summed E-state index contributed by atoms with van der Waals surface area (Å²) in [6.07, 6.45) is 3.50. The number of hydrogen-bond donors (Lipinski definition) is 0. The molecule has 0 radical (unpaired) electrons. The normalized spacial score (nSPS) is 10.8. The summed E-state index contributed by atoms with van der Waals surface area (Å²) in [4.78, 5) is 7.85. The Bertz CT molecular complexity index is 194. The highest BCUT2D eigenvalue weighted by Gasteiger charge is 1.98. The van der Waals surface area contributed by atoms with Crippen LogP contribution in [0.1, 0.15) is 0 Å². The molecule has 0 heterocycles. The number of aliphatic imine (C=N–C) groups is 1. The fourth-order valence-electron chi connectivity index (χ4n) is 0.760. The molecule has 0 unspecified atom stereocenters. The van der Waals surface area contributed by atoms with Crippen LogP contribution in [0.15, 0.2) is 29.5 Å². The highest BCUT2D eigenvalue weighted by atomic mass is 15.2. The number of allylic oxidation sites excluding steroid dienone is 1. The monoisotopic (exact) mass is 181 g/mol. The summed E-state index contributed by atoms with van der Waals surface area (Å²) >= 11 is 0. The molecule has 74 valence electrons. The standard InChI is InChI=1S/C10H19N3/c1-10(6-7-11-2)13(5)9-8-12(3)4/h6-7H,1-2,8-9H2,3-5H3/b7-6-. The lowest BCUT2D eigenvalue weighted by Crippen LogP contribution is -2.27. The van der Waals surface area contributed by atoms with Crippen molar-refractivity contribution in [3.63, 3.8) is 0 Å². The molecular weight excluding hydrogens is 162 g/mol. The Morgan fingerprint density at radius 2 is 1.92 bits per heavy atom. The van der Waals surface area contributed by atoms with E-state index in [0.29, 0.717) is 0 Å². The first-order chi connectivity index (χ1) is 6.07. The van der Waals surface area contributed by atoms with Gasteiger partial charge in [0.1, 0.15) is 0 Å². The summed E-state index contributed by atoms with van der Waals surface area (Å²) in [5.74, 6) is 0. The van der Waals surface area contributed by atoms with Gasteiger partial charge in [0.2, 0.25) is 0 Å². The van der Waals surface area contributed by atoms with E-state index in [2.05, 4.69) is 42.2 Å². The SMILES string of the molecule is C=N/C=C\C(=C)N(C)CCN(C)C. The van der Waals surface area contributed by atoms with Crippen molar-refractivity contribution < 1.29 is 0 Å². The third-order valence-corrected chi connectivity index (χ3v) is 1.75. The maximum absolute atomic E-state index is 3.90. The van der Waals surface area contributed by atoms with E-state index in [0.717, 1.165) is 18.8 Å². The summed E-state index contributed by atoms with van der Waals surface area (Å²) in [6, 6.07) is 0. The van der Waals surface area contributed by atoms with E-state index >= 15 is 0 Å². The van der Waals surface area contributed by atoms with Gasteiger partial charge >= 0.3 is 0 Å². The molecule has 0 aliphatic rings. The molecule has 0 saturated carbocycles. The first kappa shape index (κ1) is 11.9. The predicted molar refractivity (Wildman–Crippen MR) is 59.0 cm³/mol. The van der Waals surface area contributed by atoms with Crippen LogP contribution >= 0.6 is 0 Å². The third kappa shape index (κ3) is 6.11. The van der Waals surface area contributed by atoms with Crippen molar-refractivity contribution in [3.8, 4) is 0 Å². The zero-order chi connectivity index (χ0) is 10.3. The Hall–Kier alpha value is -1.09. The summed E-state index contributed by atoms with van der Waals surface area (Å²) in [5.41, 5.74) is 0.953. The Balaban J connectivity index is 3.82. The lowest BCUT2D eigenvalue weighted by molar-refractivity contribution is 0.331. The van der Waals surface area contributed by atoms with Crippen LogP contribution in [-0.2, 0) is 0 Å². The molecule has 0 rings (SSSR count). The minimum atomic E-state index is 0.953. The van der Waals surface area contributed by atoms with E-state index in [9.17, 15) is 0 Å². The van der Waals surface area contributed by atoms with Crippen molar-refractivity contribution in [2.45, 2.75) is 0 Å². The number of nitrogens with zero attached hydrogens (tertiary/aromatic N) is 3. The van der Waals surface area contributed by atoms with Gasteiger partial charge in [-0.1, -0.05) is 6.58 Å². The molecule has 0 spiro atoms. The second-order valence-electron chi connectivity index (χ2n) is 3.21. The van der Waals surface area contributed by atoms with Gasteiger partial charge in [0, 0.05) is 32.0 Å². The zero-order valence-corrected chi connectivity index (χ0v) is 8.82. The van der Waals surface area contributed by atoms with Crippen LogP contribution in [0.5, 0.6) is 0 Å². The van der Waals surface area contributed by atoms with Gasteiger partial charge in [-0.2, -0.15) is 0 Å². The first-order valence-corrected chi connectivity index (χ1v) is 4.25. The maximum Gasteiger partial charge on any atom is 0.0306 e. The molecular formula is C10H19N3. The van der Waals surface area contributed by atoms with E-state index in [1.54, 1.807) is 6.20 Å². The van der Waals surface area contributed by atoms with Crippen molar-refractivity contribution in [3.05, 3.63) is 24.6 Å². The highest BCUT2D eigenvalue weighted by molar-refractivity contribution is 5.27. The predicted octanol–water partition coefficient (Wildman–Crippen LogP) is 1.21. The Morgan fingerprint density at radius 1 is 1.31 bits per heavy atom. The summed E-state index contributed by atoms with van der Waals surface area (Å²) in [6.45, 7) is 9.25. The Kier molecular flexibility index (Phi) is 5.89. The summed E-state index contributed by atoms with van der Waals surface area (Å²) in [5, 5.41) is 0. The van der Waals surface area contributed by atoms with Crippen LogP contribution in [0.2, 0.25) is 0 Å². The van der Waals surface area contributed by atoms with Crippen molar-refractivity contribution in [1.29, 1.82) is 0 Å². The minimum absolute atomic E-state index is 0.953. The zero-order valence-electron chi connectivity index (χ0n) is 8.82. The molecule has 13 heavy (non-hydrogen) atoms. The van der Waals surface area contributed by atoms with Crippen LogP contribution in [0.25, 0.3) is 0 Å². The fraction of sp³-hybridized carbons (Fsp3) is 0.500. The van der Waals surface area contributed by atoms with Crippen molar-refractivity contribution in [2.75, 3.05) is 34.2 Å². The molecule has 0 aromatic carbocycles. The molecule has 0 aromatic heterocycles. The largest absolute Gasteiger partial charge is 0.374 e. The smallest absolute Gasteiger partial charge is 0.0306 e. The average molecular weight is 181 g/mol.